The lowest BCUT2D eigenvalue weighted by molar-refractivity contribution is -0.143. The maximum absolute atomic E-state index is 12.4. The molecule has 136 valence electrons. The minimum Gasteiger partial charge on any atom is -0.323 e. The summed E-state index contributed by atoms with van der Waals surface area (Å²) in [5.74, 6) is -2.56. The topological polar surface area (TPSA) is 113 Å². The molecule has 2 aromatic heterocycles. The van der Waals surface area contributed by atoms with E-state index in [2.05, 4.69) is 14.1 Å². The number of benzene rings is 1. The second-order valence-electron chi connectivity index (χ2n) is 5.63. The molecule has 3 aromatic rings. The first-order valence-electron chi connectivity index (χ1n) is 7.75. The summed E-state index contributed by atoms with van der Waals surface area (Å²) in [7, 11) is 0. The number of rotatable bonds is 5. The van der Waals surface area contributed by atoms with Gasteiger partial charge >= 0.3 is 17.8 Å². The van der Waals surface area contributed by atoms with Crippen LogP contribution in [0.3, 0.4) is 0 Å². The van der Waals surface area contributed by atoms with Crippen molar-refractivity contribution in [1.82, 2.24) is 18.5 Å². The molecule has 11 heteroatoms. The fourth-order valence-corrected chi connectivity index (χ4v) is 3.87. The van der Waals surface area contributed by atoms with Crippen LogP contribution in [0.25, 0.3) is 11.0 Å². The summed E-state index contributed by atoms with van der Waals surface area (Å²) in [6.45, 7) is -0.554. The first kappa shape index (κ1) is 17.2. The normalized spacial score (nSPS) is 14.4. The van der Waals surface area contributed by atoms with Gasteiger partial charge in [0.05, 0.1) is 24.0 Å². The lowest BCUT2D eigenvalue weighted by Crippen LogP contribution is -2.38. The molecular weight excluding hydrogens is 390 g/mol. The van der Waals surface area contributed by atoms with E-state index in [9.17, 15) is 19.2 Å². The summed E-state index contributed by atoms with van der Waals surface area (Å²) in [6, 6.07) is 7.84. The zero-order valence-corrected chi connectivity index (χ0v) is 15.2. The van der Waals surface area contributed by atoms with Gasteiger partial charge < -0.3 is 5.32 Å². The largest absolute Gasteiger partial charge is 0.335 e. The van der Waals surface area contributed by atoms with Crippen LogP contribution in [-0.2, 0) is 20.9 Å². The van der Waals surface area contributed by atoms with Gasteiger partial charge in [-0.05, 0) is 23.6 Å². The molecule has 0 atom stereocenters. The number of amides is 5. The standard InChI is InChI=1S/C16H11N5O4S2/c22-12(17-10-4-1-5-11-13(10)19-27-18-11)8-21-15(24)14(23)20(16(21)25)7-9-3-2-6-26-9/h1-6H,7-8H2,(H,17,22). The molecule has 1 saturated heterocycles. The number of carbonyl (C=O) groups excluding carboxylic acids is 4. The first-order valence-corrected chi connectivity index (χ1v) is 9.36. The van der Waals surface area contributed by atoms with E-state index in [4.69, 9.17) is 0 Å². The van der Waals surface area contributed by atoms with E-state index in [1.165, 1.54) is 11.3 Å². The Hall–Kier alpha value is -3.18. The SMILES string of the molecule is O=C(CN1C(=O)C(=O)N(Cc2cccs2)C1=O)Nc1cccc2nsnc12. The van der Waals surface area contributed by atoms with Crippen LogP contribution in [0.4, 0.5) is 10.5 Å². The number of imide groups is 2. The Bertz CT molecular complexity index is 1060. The van der Waals surface area contributed by atoms with Crippen LogP contribution in [0.15, 0.2) is 35.7 Å². The molecule has 9 nitrogen and oxygen atoms in total. The molecule has 4 rings (SSSR count). The smallest absolute Gasteiger partial charge is 0.323 e. The molecule has 1 fully saturated rings. The quantitative estimate of drug-likeness (QED) is 0.514. The number of urea groups is 1. The molecule has 0 saturated carbocycles. The summed E-state index contributed by atoms with van der Waals surface area (Å²) >= 11 is 2.38. The Morgan fingerprint density at radius 1 is 1.04 bits per heavy atom. The average molecular weight is 401 g/mol. The first-order chi connectivity index (χ1) is 13.0. The molecule has 1 aliphatic heterocycles. The van der Waals surface area contributed by atoms with Crippen LogP contribution < -0.4 is 5.32 Å². The van der Waals surface area contributed by atoms with Gasteiger partial charge in [0.25, 0.3) is 0 Å². The van der Waals surface area contributed by atoms with Crippen molar-refractivity contribution in [3.05, 3.63) is 40.6 Å². The molecule has 0 radical (unpaired) electrons. The lowest BCUT2D eigenvalue weighted by atomic mass is 10.2. The van der Waals surface area contributed by atoms with E-state index < -0.39 is 30.3 Å². The third-order valence-electron chi connectivity index (χ3n) is 3.89. The summed E-state index contributed by atoms with van der Waals surface area (Å²) in [5.41, 5.74) is 1.57. The van der Waals surface area contributed by atoms with Crippen molar-refractivity contribution in [2.24, 2.45) is 0 Å². The third-order valence-corrected chi connectivity index (χ3v) is 5.29. The van der Waals surface area contributed by atoms with Crippen molar-refractivity contribution in [3.8, 4) is 0 Å². The van der Waals surface area contributed by atoms with Crippen LogP contribution >= 0.6 is 23.1 Å². The Morgan fingerprint density at radius 2 is 1.85 bits per heavy atom. The van der Waals surface area contributed by atoms with Crippen LogP contribution in [0.5, 0.6) is 0 Å². The molecule has 0 aliphatic carbocycles. The van der Waals surface area contributed by atoms with Gasteiger partial charge in [-0.1, -0.05) is 12.1 Å². The Kier molecular flexibility index (Phi) is 4.38. The fourth-order valence-electron chi connectivity index (χ4n) is 2.63. The molecule has 1 aliphatic rings. The molecular formula is C16H11N5O4S2. The average Bonchev–Trinajstić information content (AvgIpc) is 3.37. The Balaban J connectivity index is 1.47. The highest BCUT2D eigenvalue weighted by Crippen LogP contribution is 2.22. The second kappa shape index (κ2) is 6.85. The summed E-state index contributed by atoms with van der Waals surface area (Å²) in [6.07, 6.45) is 0. The zero-order chi connectivity index (χ0) is 19.0. The van der Waals surface area contributed by atoms with E-state index in [0.717, 1.165) is 21.5 Å². The van der Waals surface area contributed by atoms with Gasteiger partial charge in [-0.15, -0.1) is 11.3 Å². The van der Waals surface area contributed by atoms with E-state index in [1.807, 2.05) is 0 Å². The number of nitrogens with one attached hydrogen (secondary N) is 1. The number of hydrogen-bond acceptors (Lipinski definition) is 8. The molecule has 0 bridgehead atoms. The van der Waals surface area contributed by atoms with Gasteiger partial charge in [-0.25, -0.2) is 9.69 Å². The lowest BCUT2D eigenvalue weighted by Gasteiger charge is -2.14. The van der Waals surface area contributed by atoms with E-state index in [1.54, 1.807) is 35.7 Å². The molecule has 5 amide bonds. The molecule has 3 heterocycles. The maximum atomic E-state index is 12.4. The zero-order valence-electron chi connectivity index (χ0n) is 13.6. The third kappa shape index (κ3) is 3.17. The van der Waals surface area contributed by atoms with Gasteiger partial charge in [0, 0.05) is 4.88 Å². The van der Waals surface area contributed by atoms with E-state index >= 15 is 0 Å². The van der Waals surface area contributed by atoms with Crippen molar-refractivity contribution in [2.45, 2.75) is 6.54 Å². The van der Waals surface area contributed by atoms with Crippen LogP contribution in [0.1, 0.15) is 4.88 Å². The number of anilines is 1. The van der Waals surface area contributed by atoms with Crippen LogP contribution in [0, 0.1) is 0 Å². The van der Waals surface area contributed by atoms with Crippen molar-refractivity contribution in [2.75, 3.05) is 11.9 Å². The number of thiophene rings is 1. The van der Waals surface area contributed by atoms with Crippen molar-refractivity contribution in [3.63, 3.8) is 0 Å². The van der Waals surface area contributed by atoms with E-state index in [-0.39, 0.29) is 6.54 Å². The maximum Gasteiger partial charge on any atom is 0.335 e. The number of aromatic nitrogens is 2. The predicted molar refractivity (Wildman–Crippen MR) is 98.0 cm³/mol. The molecule has 0 spiro atoms. The second-order valence-corrected chi connectivity index (χ2v) is 7.19. The summed E-state index contributed by atoms with van der Waals surface area (Å²) < 4.78 is 8.19. The highest BCUT2D eigenvalue weighted by molar-refractivity contribution is 7.09. The van der Waals surface area contributed by atoms with Crippen LogP contribution in [-0.4, -0.2) is 48.8 Å². The fraction of sp³-hybridized carbons (Fsp3) is 0.125. The van der Waals surface area contributed by atoms with Gasteiger partial charge in [0.1, 0.15) is 17.6 Å². The molecule has 1 aromatic carbocycles. The molecule has 1 N–H and O–H groups in total. The number of nitrogens with zero attached hydrogens (tertiary/aromatic N) is 4. The molecule has 27 heavy (non-hydrogen) atoms. The summed E-state index contributed by atoms with van der Waals surface area (Å²) in [4.78, 5) is 51.2. The van der Waals surface area contributed by atoms with Gasteiger partial charge in [0.15, 0.2) is 0 Å². The van der Waals surface area contributed by atoms with Crippen LogP contribution in [0.2, 0.25) is 0 Å². The van der Waals surface area contributed by atoms with Crippen molar-refractivity contribution < 1.29 is 19.2 Å². The highest BCUT2D eigenvalue weighted by Gasteiger charge is 2.45. The number of carbonyl (C=O) groups is 4. The Morgan fingerprint density at radius 3 is 2.63 bits per heavy atom. The van der Waals surface area contributed by atoms with Crippen molar-refractivity contribution >= 4 is 63.5 Å². The monoisotopic (exact) mass is 401 g/mol. The number of hydrogen-bond donors (Lipinski definition) is 1. The minimum absolute atomic E-state index is 0.00297. The van der Waals surface area contributed by atoms with E-state index in [0.29, 0.717) is 21.6 Å². The highest BCUT2D eigenvalue weighted by atomic mass is 32.1. The van der Waals surface area contributed by atoms with Crippen molar-refractivity contribution in [1.29, 1.82) is 0 Å². The minimum atomic E-state index is -1.01. The number of fused-ring (bicyclic) bond motifs is 1. The van der Waals surface area contributed by atoms with Gasteiger partial charge in [0.2, 0.25) is 5.91 Å². The Labute approximate surface area is 160 Å². The summed E-state index contributed by atoms with van der Waals surface area (Å²) in [5, 5.41) is 4.41. The predicted octanol–water partition coefficient (Wildman–Crippen LogP) is 1.68. The van der Waals surface area contributed by atoms with Gasteiger partial charge in [-0.2, -0.15) is 8.75 Å². The molecule has 0 unspecified atom stereocenters. The van der Waals surface area contributed by atoms with Gasteiger partial charge in [-0.3, -0.25) is 19.3 Å².